The summed E-state index contributed by atoms with van der Waals surface area (Å²) < 4.78 is 0. The maximum atomic E-state index is 12.7. The number of nitrogens with zero attached hydrogens (tertiary/aromatic N) is 3. The first-order chi connectivity index (χ1) is 14.6. The average molecular weight is 407 g/mol. The van der Waals surface area contributed by atoms with Gasteiger partial charge in [0.15, 0.2) is 0 Å². The van der Waals surface area contributed by atoms with E-state index < -0.39 is 0 Å². The summed E-state index contributed by atoms with van der Waals surface area (Å²) in [6.45, 7) is 7.34. The van der Waals surface area contributed by atoms with E-state index in [1.165, 1.54) is 0 Å². The van der Waals surface area contributed by atoms with Gasteiger partial charge in [-0.2, -0.15) is 5.26 Å². The molecule has 30 heavy (non-hydrogen) atoms. The zero-order valence-electron chi connectivity index (χ0n) is 17.8. The van der Waals surface area contributed by atoms with Crippen molar-refractivity contribution in [2.75, 3.05) is 29.9 Å². The van der Waals surface area contributed by atoms with Crippen LogP contribution in [0.25, 0.3) is 0 Å². The Balaban J connectivity index is 1.93. The molecule has 0 heterocycles. The monoisotopic (exact) mass is 406 g/mol. The number of amides is 2. The lowest BCUT2D eigenvalue weighted by Gasteiger charge is -2.21. The van der Waals surface area contributed by atoms with Gasteiger partial charge in [-0.05, 0) is 42.9 Å². The summed E-state index contributed by atoms with van der Waals surface area (Å²) in [6, 6.07) is 19.1. The van der Waals surface area contributed by atoms with Crippen LogP contribution in [0.2, 0.25) is 0 Å². The second kappa shape index (κ2) is 12.4. The number of anilines is 2. The van der Waals surface area contributed by atoms with Crippen LogP contribution in [0.1, 0.15) is 38.7 Å². The summed E-state index contributed by atoms with van der Waals surface area (Å²) >= 11 is 0. The van der Waals surface area contributed by atoms with Crippen LogP contribution in [0.4, 0.5) is 11.4 Å². The molecule has 0 aliphatic carbocycles. The number of hydrogen-bond donors (Lipinski definition) is 1. The van der Waals surface area contributed by atoms with Crippen molar-refractivity contribution in [2.24, 2.45) is 0 Å². The average Bonchev–Trinajstić information content (AvgIpc) is 2.77. The molecule has 0 fully saturated rings. The van der Waals surface area contributed by atoms with Crippen molar-refractivity contribution in [1.82, 2.24) is 4.90 Å². The lowest BCUT2D eigenvalue weighted by Crippen LogP contribution is -2.32. The molecule has 0 spiro atoms. The quantitative estimate of drug-likeness (QED) is 0.607. The predicted molar refractivity (Wildman–Crippen MR) is 120 cm³/mol. The Morgan fingerprint density at radius 3 is 2.40 bits per heavy atom. The van der Waals surface area contributed by atoms with Gasteiger partial charge >= 0.3 is 0 Å². The van der Waals surface area contributed by atoms with Gasteiger partial charge < -0.3 is 10.2 Å². The molecule has 6 heteroatoms. The third-order valence-corrected chi connectivity index (χ3v) is 4.89. The van der Waals surface area contributed by atoms with E-state index in [4.69, 9.17) is 5.26 Å². The highest BCUT2D eigenvalue weighted by atomic mass is 16.2. The molecule has 0 bridgehead atoms. The summed E-state index contributed by atoms with van der Waals surface area (Å²) in [4.78, 5) is 28.9. The molecule has 0 radical (unpaired) electrons. The molecular formula is C24H30N4O2. The lowest BCUT2D eigenvalue weighted by molar-refractivity contribution is -0.122. The van der Waals surface area contributed by atoms with Crippen LogP contribution in [-0.2, 0) is 16.1 Å². The molecule has 2 aromatic carbocycles. The van der Waals surface area contributed by atoms with E-state index in [2.05, 4.69) is 30.1 Å². The largest absolute Gasteiger partial charge is 0.326 e. The van der Waals surface area contributed by atoms with E-state index >= 15 is 0 Å². The van der Waals surface area contributed by atoms with Gasteiger partial charge in [0.2, 0.25) is 11.8 Å². The predicted octanol–water partition coefficient (Wildman–Crippen LogP) is 4.19. The maximum absolute atomic E-state index is 12.7. The van der Waals surface area contributed by atoms with Crippen molar-refractivity contribution in [3.63, 3.8) is 0 Å². The molecule has 0 aromatic heterocycles. The fourth-order valence-corrected chi connectivity index (χ4v) is 3.20. The highest BCUT2D eigenvalue weighted by Gasteiger charge is 2.16. The van der Waals surface area contributed by atoms with Gasteiger partial charge in [0.25, 0.3) is 0 Å². The Bertz CT molecular complexity index is 857. The zero-order chi connectivity index (χ0) is 21.8. The van der Waals surface area contributed by atoms with E-state index in [-0.39, 0.29) is 31.1 Å². The first kappa shape index (κ1) is 23.1. The van der Waals surface area contributed by atoms with Crippen molar-refractivity contribution in [3.05, 3.63) is 60.2 Å². The highest BCUT2D eigenvalue weighted by molar-refractivity contribution is 5.98. The maximum Gasteiger partial charge on any atom is 0.227 e. The molecule has 2 amide bonds. The Labute approximate surface area is 179 Å². The third-order valence-electron chi connectivity index (χ3n) is 4.89. The number of nitrogens with one attached hydrogen (secondary N) is 1. The van der Waals surface area contributed by atoms with Crippen molar-refractivity contribution in [2.45, 2.75) is 39.7 Å². The third kappa shape index (κ3) is 7.34. The van der Waals surface area contributed by atoms with Crippen molar-refractivity contribution >= 4 is 23.2 Å². The van der Waals surface area contributed by atoms with Crippen LogP contribution in [-0.4, -0.2) is 36.3 Å². The first-order valence-electron chi connectivity index (χ1n) is 10.4. The Hall–Kier alpha value is -3.17. The summed E-state index contributed by atoms with van der Waals surface area (Å²) in [7, 11) is 0. The Morgan fingerprint density at radius 1 is 1.00 bits per heavy atom. The van der Waals surface area contributed by atoms with Crippen LogP contribution >= 0.6 is 0 Å². The Kier molecular flexibility index (Phi) is 9.56. The van der Waals surface area contributed by atoms with Crippen LogP contribution in [0.3, 0.4) is 0 Å². The second-order valence-electron chi connectivity index (χ2n) is 7.00. The lowest BCUT2D eigenvalue weighted by atomic mass is 10.1. The van der Waals surface area contributed by atoms with Gasteiger partial charge in [0.05, 0.1) is 12.5 Å². The fraction of sp³-hybridized carbons (Fsp3) is 0.375. The minimum absolute atomic E-state index is 0.0886. The van der Waals surface area contributed by atoms with Gasteiger partial charge in [0, 0.05) is 37.3 Å². The van der Waals surface area contributed by atoms with E-state index in [1.54, 1.807) is 4.90 Å². The number of benzene rings is 2. The standard InChI is InChI=1S/C24H30N4O2/c1-3-27(4-2)19-20-10-8-11-21(18-20)26-23(29)14-15-24(30)28(17-9-16-25)22-12-6-5-7-13-22/h5-8,10-13,18H,3-4,9,14-15,17,19H2,1-2H3,(H,26,29). The molecule has 0 saturated heterocycles. The van der Waals surface area contributed by atoms with Crippen molar-refractivity contribution in [3.8, 4) is 6.07 Å². The minimum atomic E-state index is -0.198. The zero-order valence-corrected chi connectivity index (χ0v) is 17.8. The van der Waals surface area contributed by atoms with E-state index in [1.807, 2.05) is 54.6 Å². The summed E-state index contributed by atoms with van der Waals surface area (Å²) in [5, 5.41) is 11.8. The molecule has 6 nitrogen and oxygen atoms in total. The molecule has 0 aliphatic rings. The second-order valence-corrected chi connectivity index (χ2v) is 7.00. The molecule has 2 rings (SSSR count). The molecule has 158 valence electrons. The van der Waals surface area contributed by atoms with Gasteiger partial charge in [-0.15, -0.1) is 0 Å². The smallest absolute Gasteiger partial charge is 0.227 e. The van der Waals surface area contributed by atoms with Crippen molar-refractivity contribution in [1.29, 1.82) is 5.26 Å². The summed E-state index contributed by atoms with van der Waals surface area (Å²) in [5.74, 6) is -0.362. The van der Waals surface area contributed by atoms with Crippen molar-refractivity contribution < 1.29 is 9.59 Å². The number of rotatable bonds is 11. The number of para-hydroxylation sites is 1. The molecule has 0 saturated carbocycles. The molecular weight excluding hydrogens is 376 g/mol. The topological polar surface area (TPSA) is 76.4 Å². The molecule has 2 aromatic rings. The molecule has 1 N–H and O–H groups in total. The molecule has 0 aliphatic heterocycles. The van der Waals surface area contributed by atoms with Gasteiger partial charge in [-0.3, -0.25) is 14.5 Å². The van der Waals surface area contributed by atoms with Crippen LogP contribution < -0.4 is 10.2 Å². The molecule has 0 atom stereocenters. The van der Waals surface area contributed by atoms with Gasteiger partial charge in [-0.1, -0.05) is 44.2 Å². The van der Waals surface area contributed by atoms with Gasteiger partial charge in [-0.25, -0.2) is 0 Å². The highest BCUT2D eigenvalue weighted by Crippen LogP contribution is 2.17. The number of carbonyl (C=O) groups excluding carboxylic acids is 2. The first-order valence-corrected chi connectivity index (χ1v) is 10.4. The fourth-order valence-electron chi connectivity index (χ4n) is 3.20. The number of nitriles is 1. The minimum Gasteiger partial charge on any atom is -0.326 e. The van der Waals surface area contributed by atoms with E-state index in [0.717, 1.165) is 36.6 Å². The normalized spacial score (nSPS) is 10.5. The van der Waals surface area contributed by atoms with E-state index in [9.17, 15) is 9.59 Å². The number of hydrogen-bond acceptors (Lipinski definition) is 4. The number of carbonyl (C=O) groups is 2. The molecule has 0 unspecified atom stereocenters. The van der Waals surface area contributed by atoms with Gasteiger partial charge in [0.1, 0.15) is 0 Å². The Morgan fingerprint density at radius 2 is 1.73 bits per heavy atom. The van der Waals surface area contributed by atoms with Crippen LogP contribution in [0, 0.1) is 11.3 Å². The van der Waals surface area contributed by atoms with Crippen LogP contribution in [0.5, 0.6) is 0 Å². The van der Waals surface area contributed by atoms with Crippen LogP contribution in [0.15, 0.2) is 54.6 Å². The summed E-state index contributed by atoms with van der Waals surface area (Å²) in [5.41, 5.74) is 2.61. The summed E-state index contributed by atoms with van der Waals surface area (Å²) in [6.07, 6.45) is 0.423. The SMILES string of the molecule is CCN(CC)Cc1cccc(NC(=O)CCC(=O)N(CCC#N)c2ccccc2)c1. The van der Waals surface area contributed by atoms with E-state index in [0.29, 0.717) is 6.54 Å².